The van der Waals surface area contributed by atoms with Crippen molar-refractivity contribution in [3.8, 4) is 11.8 Å². The molecular weight excluding hydrogens is 322 g/mol. The van der Waals surface area contributed by atoms with Crippen LogP contribution in [0.2, 0.25) is 0 Å². The molecule has 0 heterocycles. The maximum absolute atomic E-state index is 10.0. The molecule has 0 spiro atoms. The normalized spacial score (nSPS) is 11.8. The first-order chi connectivity index (χ1) is 12.7. The van der Waals surface area contributed by atoms with Crippen molar-refractivity contribution < 1.29 is 5.11 Å². The van der Waals surface area contributed by atoms with E-state index in [0.29, 0.717) is 11.3 Å². The van der Waals surface area contributed by atoms with Gasteiger partial charge in [0.1, 0.15) is 5.75 Å². The fourth-order valence-corrected chi connectivity index (χ4v) is 2.70. The standard InChI is InChI=1S/C22H19N3O/c1-16(21-4-2-3-5-22(21)26)19-10-12-20(13-11-19)25-24-15-18-8-6-17(14-23)7-9-18/h2-13,15-16,25-26H,1H3/b24-15+/t16-/m1/s1. The maximum atomic E-state index is 10.0. The Hall–Kier alpha value is -3.58. The lowest BCUT2D eigenvalue weighted by Gasteiger charge is -2.14. The van der Waals surface area contributed by atoms with Gasteiger partial charge in [-0.1, -0.05) is 49.4 Å². The quantitative estimate of drug-likeness (QED) is 0.514. The summed E-state index contributed by atoms with van der Waals surface area (Å²) < 4.78 is 0. The van der Waals surface area contributed by atoms with Gasteiger partial charge in [-0.05, 0) is 41.5 Å². The number of rotatable bonds is 5. The van der Waals surface area contributed by atoms with E-state index in [1.165, 1.54) is 0 Å². The summed E-state index contributed by atoms with van der Waals surface area (Å²) in [6, 6.07) is 24.7. The molecule has 0 radical (unpaired) electrons. The Balaban J connectivity index is 1.65. The molecule has 0 saturated carbocycles. The second kappa shape index (κ2) is 8.00. The van der Waals surface area contributed by atoms with E-state index >= 15 is 0 Å². The van der Waals surface area contributed by atoms with E-state index in [2.05, 4.69) is 23.5 Å². The predicted molar refractivity (Wildman–Crippen MR) is 104 cm³/mol. The molecule has 128 valence electrons. The van der Waals surface area contributed by atoms with Crippen LogP contribution in [0.15, 0.2) is 77.9 Å². The van der Waals surface area contributed by atoms with E-state index < -0.39 is 0 Å². The van der Waals surface area contributed by atoms with E-state index in [9.17, 15) is 5.11 Å². The number of nitrogens with zero attached hydrogens (tertiary/aromatic N) is 2. The van der Waals surface area contributed by atoms with E-state index in [-0.39, 0.29) is 5.92 Å². The van der Waals surface area contributed by atoms with Crippen LogP contribution in [0.1, 0.15) is 35.1 Å². The molecule has 3 rings (SSSR count). The molecule has 0 amide bonds. The average Bonchev–Trinajstić information content (AvgIpc) is 2.69. The summed E-state index contributed by atoms with van der Waals surface area (Å²) in [4.78, 5) is 0. The summed E-state index contributed by atoms with van der Waals surface area (Å²) in [6.45, 7) is 2.07. The smallest absolute Gasteiger partial charge is 0.119 e. The molecule has 2 N–H and O–H groups in total. The topological polar surface area (TPSA) is 68.4 Å². The highest BCUT2D eigenvalue weighted by Crippen LogP contribution is 2.31. The van der Waals surface area contributed by atoms with Crippen molar-refractivity contribution in [1.82, 2.24) is 0 Å². The highest BCUT2D eigenvalue weighted by atomic mass is 16.3. The lowest BCUT2D eigenvalue weighted by atomic mass is 9.92. The van der Waals surface area contributed by atoms with Gasteiger partial charge in [-0.25, -0.2) is 0 Å². The Morgan fingerprint density at radius 1 is 1.00 bits per heavy atom. The molecule has 0 aliphatic carbocycles. The lowest BCUT2D eigenvalue weighted by Crippen LogP contribution is -1.97. The van der Waals surface area contributed by atoms with Crippen molar-refractivity contribution in [3.63, 3.8) is 0 Å². The summed E-state index contributed by atoms with van der Waals surface area (Å²) in [7, 11) is 0. The second-order valence-corrected chi connectivity index (χ2v) is 6.01. The van der Waals surface area contributed by atoms with Gasteiger partial charge in [-0.15, -0.1) is 0 Å². The van der Waals surface area contributed by atoms with Gasteiger partial charge in [0, 0.05) is 11.5 Å². The third-order valence-electron chi connectivity index (χ3n) is 4.26. The van der Waals surface area contributed by atoms with E-state index in [4.69, 9.17) is 5.26 Å². The SMILES string of the molecule is C[C@H](c1ccc(N/N=C/c2ccc(C#N)cc2)cc1)c1ccccc1O. The first kappa shape index (κ1) is 17.2. The molecule has 0 unspecified atom stereocenters. The first-order valence-electron chi connectivity index (χ1n) is 8.34. The summed E-state index contributed by atoms with van der Waals surface area (Å²) in [5.41, 5.74) is 7.45. The molecule has 26 heavy (non-hydrogen) atoms. The van der Waals surface area contributed by atoms with Crippen LogP contribution in [0.5, 0.6) is 5.75 Å². The van der Waals surface area contributed by atoms with Crippen LogP contribution < -0.4 is 5.43 Å². The van der Waals surface area contributed by atoms with Crippen LogP contribution in [0, 0.1) is 11.3 Å². The van der Waals surface area contributed by atoms with Crippen molar-refractivity contribution in [3.05, 3.63) is 95.1 Å². The molecular formula is C22H19N3O. The van der Waals surface area contributed by atoms with Crippen molar-refractivity contribution in [2.24, 2.45) is 5.10 Å². The molecule has 3 aromatic carbocycles. The lowest BCUT2D eigenvalue weighted by molar-refractivity contribution is 0.466. The largest absolute Gasteiger partial charge is 0.508 e. The third-order valence-corrected chi connectivity index (χ3v) is 4.26. The molecule has 0 aliphatic rings. The molecule has 3 aromatic rings. The fourth-order valence-electron chi connectivity index (χ4n) is 2.70. The van der Waals surface area contributed by atoms with Crippen LogP contribution in [-0.4, -0.2) is 11.3 Å². The van der Waals surface area contributed by atoms with Crippen molar-refractivity contribution >= 4 is 11.9 Å². The van der Waals surface area contributed by atoms with Gasteiger partial charge >= 0.3 is 0 Å². The minimum Gasteiger partial charge on any atom is -0.508 e. The molecule has 0 fully saturated rings. The molecule has 0 saturated heterocycles. The van der Waals surface area contributed by atoms with Gasteiger partial charge in [0.05, 0.1) is 23.5 Å². The number of hydrogen-bond acceptors (Lipinski definition) is 4. The van der Waals surface area contributed by atoms with E-state index in [1.54, 1.807) is 24.4 Å². The minimum atomic E-state index is 0.104. The number of hydrogen-bond donors (Lipinski definition) is 2. The van der Waals surface area contributed by atoms with Gasteiger partial charge in [0.2, 0.25) is 0 Å². The zero-order valence-corrected chi connectivity index (χ0v) is 14.4. The fraction of sp³-hybridized carbons (Fsp3) is 0.0909. The zero-order valence-electron chi connectivity index (χ0n) is 14.4. The van der Waals surface area contributed by atoms with Gasteiger partial charge in [0.25, 0.3) is 0 Å². The highest BCUT2D eigenvalue weighted by Gasteiger charge is 2.11. The Morgan fingerprint density at radius 2 is 1.69 bits per heavy atom. The number of nitrogens with one attached hydrogen (secondary N) is 1. The van der Waals surface area contributed by atoms with E-state index in [1.807, 2.05) is 54.6 Å². The van der Waals surface area contributed by atoms with Gasteiger partial charge in [0.15, 0.2) is 0 Å². The van der Waals surface area contributed by atoms with E-state index in [0.717, 1.165) is 22.4 Å². The summed E-state index contributed by atoms with van der Waals surface area (Å²) >= 11 is 0. The number of nitriles is 1. The highest BCUT2D eigenvalue weighted by molar-refractivity contribution is 5.80. The summed E-state index contributed by atoms with van der Waals surface area (Å²) in [5, 5.41) is 23.0. The number of phenols is 1. The number of benzene rings is 3. The Labute approximate surface area is 153 Å². The summed E-state index contributed by atoms with van der Waals surface area (Å²) in [6.07, 6.45) is 1.71. The number of hydrazone groups is 1. The maximum Gasteiger partial charge on any atom is 0.119 e. The minimum absolute atomic E-state index is 0.104. The van der Waals surface area contributed by atoms with Crippen LogP contribution in [0.25, 0.3) is 0 Å². The van der Waals surface area contributed by atoms with Crippen LogP contribution in [0.3, 0.4) is 0 Å². The third kappa shape index (κ3) is 4.08. The van der Waals surface area contributed by atoms with Gasteiger partial charge in [-0.3, -0.25) is 5.43 Å². The Bertz CT molecular complexity index is 938. The van der Waals surface area contributed by atoms with Crippen molar-refractivity contribution in [2.75, 3.05) is 5.43 Å². The zero-order chi connectivity index (χ0) is 18.4. The average molecular weight is 341 g/mol. The molecule has 0 aromatic heterocycles. The molecule has 0 aliphatic heterocycles. The number of aromatic hydroxyl groups is 1. The van der Waals surface area contributed by atoms with Crippen molar-refractivity contribution in [2.45, 2.75) is 12.8 Å². The number of para-hydroxylation sites is 1. The second-order valence-electron chi connectivity index (χ2n) is 6.01. The number of phenolic OH excluding ortho intramolecular Hbond substituents is 1. The van der Waals surface area contributed by atoms with Crippen molar-refractivity contribution in [1.29, 1.82) is 5.26 Å². The Kier molecular flexibility index (Phi) is 5.31. The molecule has 4 nitrogen and oxygen atoms in total. The number of anilines is 1. The van der Waals surface area contributed by atoms with Crippen LogP contribution in [0.4, 0.5) is 5.69 Å². The van der Waals surface area contributed by atoms with Crippen LogP contribution >= 0.6 is 0 Å². The van der Waals surface area contributed by atoms with Gasteiger partial charge < -0.3 is 5.11 Å². The Morgan fingerprint density at radius 3 is 2.35 bits per heavy atom. The predicted octanol–water partition coefficient (Wildman–Crippen LogP) is 4.86. The summed E-state index contributed by atoms with van der Waals surface area (Å²) in [5.74, 6) is 0.418. The monoisotopic (exact) mass is 341 g/mol. The molecule has 1 atom stereocenters. The van der Waals surface area contributed by atoms with Gasteiger partial charge in [-0.2, -0.15) is 10.4 Å². The molecule has 4 heteroatoms. The first-order valence-corrected chi connectivity index (χ1v) is 8.34. The molecule has 0 bridgehead atoms. The van der Waals surface area contributed by atoms with Crippen LogP contribution in [-0.2, 0) is 0 Å².